The SMILES string of the molecule is Cc1cc(-c2ccnn2C)c2cccc(OCc3c(Cl)cncc3CNC(=O)c3ccco3)c2n1. The number of aromatic nitrogens is 4. The van der Waals surface area contributed by atoms with E-state index in [2.05, 4.69) is 15.4 Å². The number of aryl methyl sites for hydroxylation is 2. The van der Waals surface area contributed by atoms with Crippen LogP contribution in [0.25, 0.3) is 22.2 Å². The van der Waals surface area contributed by atoms with Gasteiger partial charge in [0.1, 0.15) is 17.9 Å². The minimum Gasteiger partial charge on any atom is -0.487 e. The standard InChI is InChI=1S/C26H22ClN5O3/c1-16-11-19(22-8-9-30-32(22)2)18-5-3-6-23(25(18)31-16)35-15-20-17(12-28-14-21(20)27)13-29-26(33)24-7-4-10-34-24/h3-12,14H,13,15H2,1-2H3,(H,29,33). The second kappa shape index (κ2) is 9.60. The largest absolute Gasteiger partial charge is 0.487 e. The van der Waals surface area contributed by atoms with E-state index in [0.29, 0.717) is 10.8 Å². The molecule has 5 rings (SSSR count). The summed E-state index contributed by atoms with van der Waals surface area (Å²) in [4.78, 5) is 21.2. The topological polar surface area (TPSA) is 95.1 Å². The predicted molar refractivity (Wildman–Crippen MR) is 132 cm³/mol. The molecule has 0 unspecified atom stereocenters. The van der Waals surface area contributed by atoms with Crippen molar-refractivity contribution in [3.05, 3.63) is 94.9 Å². The van der Waals surface area contributed by atoms with Gasteiger partial charge in [-0.15, -0.1) is 0 Å². The Morgan fingerprint density at radius 2 is 2.09 bits per heavy atom. The Morgan fingerprint density at radius 1 is 1.20 bits per heavy atom. The van der Waals surface area contributed by atoms with Crippen LogP contribution in [-0.4, -0.2) is 25.7 Å². The highest BCUT2D eigenvalue weighted by Gasteiger charge is 2.16. The first-order chi connectivity index (χ1) is 17.0. The van der Waals surface area contributed by atoms with Crippen LogP contribution >= 0.6 is 11.6 Å². The second-order valence-corrected chi connectivity index (χ2v) is 8.42. The number of hydrogen-bond donors (Lipinski definition) is 1. The Bertz CT molecular complexity index is 1510. The smallest absolute Gasteiger partial charge is 0.287 e. The van der Waals surface area contributed by atoms with E-state index in [1.54, 1.807) is 30.7 Å². The van der Waals surface area contributed by atoms with Crippen LogP contribution in [-0.2, 0) is 20.2 Å². The second-order valence-electron chi connectivity index (χ2n) is 8.01. The van der Waals surface area contributed by atoms with Gasteiger partial charge < -0.3 is 14.5 Å². The number of pyridine rings is 2. The zero-order chi connectivity index (χ0) is 24.4. The Balaban J connectivity index is 1.43. The van der Waals surface area contributed by atoms with Gasteiger partial charge in [-0.25, -0.2) is 4.98 Å². The fraction of sp³-hybridized carbons (Fsp3) is 0.154. The van der Waals surface area contributed by atoms with Gasteiger partial charge >= 0.3 is 0 Å². The lowest BCUT2D eigenvalue weighted by molar-refractivity contribution is 0.0923. The summed E-state index contributed by atoms with van der Waals surface area (Å²) in [5.74, 6) is 0.547. The molecule has 0 atom stereocenters. The number of rotatable bonds is 7. The van der Waals surface area contributed by atoms with Crippen LogP contribution in [0.5, 0.6) is 5.75 Å². The third-order valence-electron chi connectivity index (χ3n) is 5.68. The summed E-state index contributed by atoms with van der Waals surface area (Å²) in [5.41, 5.74) is 5.12. The van der Waals surface area contributed by atoms with Gasteiger partial charge in [-0.2, -0.15) is 5.10 Å². The van der Waals surface area contributed by atoms with Crippen molar-refractivity contribution in [3.63, 3.8) is 0 Å². The van der Waals surface area contributed by atoms with E-state index in [9.17, 15) is 4.79 Å². The molecule has 0 saturated carbocycles. The van der Waals surface area contributed by atoms with Gasteiger partial charge in [-0.3, -0.25) is 14.5 Å². The fourth-order valence-corrected chi connectivity index (χ4v) is 4.19. The van der Waals surface area contributed by atoms with E-state index in [4.69, 9.17) is 25.7 Å². The van der Waals surface area contributed by atoms with E-state index >= 15 is 0 Å². The van der Waals surface area contributed by atoms with Gasteiger partial charge in [0.25, 0.3) is 5.91 Å². The Morgan fingerprint density at radius 3 is 2.86 bits per heavy atom. The molecule has 5 aromatic rings. The summed E-state index contributed by atoms with van der Waals surface area (Å²) >= 11 is 6.47. The fourth-order valence-electron chi connectivity index (χ4n) is 3.95. The number of nitrogens with one attached hydrogen (secondary N) is 1. The zero-order valence-electron chi connectivity index (χ0n) is 19.2. The van der Waals surface area contributed by atoms with E-state index in [0.717, 1.165) is 39.0 Å². The average Bonchev–Trinajstić information content (AvgIpc) is 3.54. The molecule has 1 N–H and O–H groups in total. The maximum absolute atomic E-state index is 12.3. The molecule has 176 valence electrons. The number of benzene rings is 1. The van der Waals surface area contributed by atoms with E-state index in [1.807, 2.05) is 49.0 Å². The molecule has 0 aliphatic rings. The molecular formula is C26H22ClN5O3. The van der Waals surface area contributed by atoms with Gasteiger partial charge in [0.2, 0.25) is 0 Å². The maximum Gasteiger partial charge on any atom is 0.287 e. The number of furan rings is 1. The van der Waals surface area contributed by atoms with Crippen LogP contribution < -0.4 is 10.1 Å². The molecule has 0 fully saturated rings. The lowest BCUT2D eigenvalue weighted by Crippen LogP contribution is -2.23. The molecule has 35 heavy (non-hydrogen) atoms. The van der Waals surface area contributed by atoms with Crippen LogP contribution in [0, 0.1) is 6.92 Å². The number of nitrogens with zero attached hydrogens (tertiary/aromatic N) is 4. The molecule has 0 spiro atoms. The number of halogens is 1. The highest BCUT2D eigenvalue weighted by atomic mass is 35.5. The number of para-hydroxylation sites is 1. The molecule has 0 bridgehead atoms. The van der Waals surface area contributed by atoms with Crippen LogP contribution in [0.1, 0.15) is 27.4 Å². The van der Waals surface area contributed by atoms with Crippen molar-refractivity contribution in [2.45, 2.75) is 20.1 Å². The molecule has 8 nitrogen and oxygen atoms in total. The molecule has 0 saturated heterocycles. The highest BCUT2D eigenvalue weighted by molar-refractivity contribution is 6.31. The average molecular weight is 488 g/mol. The number of amides is 1. The van der Waals surface area contributed by atoms with Gasteiger partial charge in [0.15, 0.2) is 5.76 Å². The first kappa shape index (κ1) is 22.6. The molecule has 0 radical (unpaired) electrons. The van der Waals surface area contributed by atoms with Crippen molar-refractivity contribution in [1.29, 1.82) is 0 Å². The number of carbonyl (C=O) groups excluding carboxylic acids is 1. The van der Waals surface area contributed by atoms with E-state index < -0.39 is 0 Å². The quantitative estimate of drug-likeness (QED) is 0.343. The number of carbonyl (C=O) groups is 1. The summed E-state index contributed by atoms with van der Waals surface area (Å²) in [6, 6.07) is 13.1. The van der Waals surface area contributed by atoms with Crippen molar-refractivity contribution in [1.82, 2.24) is 25.1 Å². The molecule has 1 amide bonds. The lowest BCUT2D eigenvalue weighted by atomic mass is 10.0. The predicted octanol–water partition coefficient (Wildman–Crippen LogP) is 5.09. The van der Waals surface area contributed by atoms with Crippen molar-refractivity contribution < 1.29 is 13.9 Å². The molecule has 4 aromatic heterocycles. The van der Waals surface area contributed by atoms with E-state index in [1.165, 1.54) is 6.26 Å². The minimum absolute atomic E-state index is 0.184. The molecule has 4 heterocycles. The monoisotopic (exact) mass is 487 g/mol. The van der Waals surface area contributed by atoms with Crippen LogP contribution in [0.3, 0.4) is 0 Å². The molecule has 0 aliphatic heterocycles. The molecule has 9 heteroatoms. The van der Waals surface area contributed by atoms with E-state index in [-0.39, 0.29) is 24.8 Å². The van der Waals surface area contributed by atoms with Crippen molar-refractivity contribution in [2.75, 3.05) is 0 Å². The Kier molecular flexibility index (Phi) is 6.20. The van der Waals surface area contributed by atoms with Gasteiger partial charge in [0.05, 0.1) is 17.0 Å². The highest BCUT2D eigenvalue weighted by Crippen LogP contribution is 2.33. The van der Waals surface area contributed by atoms with Crippen LogP contribution in [0.4, 0.5) is 0 Å². The summed E-state index contributed by atoms with van der Waals surface area (Å²) < 4.78 is 13.2. The Labute approximate surface area is 206 Å². The normalized spacial score (nSPS) is 11.1. The third-order valence-corrected chi connectivity index (χ3v) is 6.00. The van der Waals surface area contributed by atoms with Gasteiger partial charge in [-0.1, -0.05) is 23.7 Å². The first-order valence-corrected chi connectivity index (χ1v) is 11.3. The van der Waals surface area contributed by atoms with Crippen LogP contribution in [0.2, 0.25) is 5.02 Å². The van der Waals surface area contributed by atoms with Crippen molar-refractivity contribution >= 4 is 28.4 Å². The summed E-state index contributed by atoms with van der Waals surface area (Å²) in [5, 5.41) is 8.54. The van der Waals surface area contributed by atoms with Crippen LogP contribution in [0.15, 0.2) is 71.7 Å². The lowest BCUT2D eigenvalue weighted by Gasteiger charge is -2.15. The summed E-state index contributed by atoms with van der Waals surface area (Å²) in [6.45, 7) is 2.36. The molecular weight excluding hydrogens is 466 g/mol. The molecule has 1 aromatic carbocycles. The maximum atomic E-state index is 12.3. The van der Waals surface area contributed by atoms with Crippen molar-refractivity contribution in [3.8, 4) is 17.0 Å². The third kappa shape index (κ3) is 4.61. The number of fused-ring (bicyclic) bond motifs is 1. The van der Waals surface area contributed by atoms with Gasteiger partial charge in [-0.05, 0) is 42.8 Å². The summed E-state index contributed by atoms with van der Waals surface area (Å²) in [6.07, 6.45) is 6.45. The molecule has 0 aliphatic carbocycles. The zero-order valence-corrected chi connectivity index (χ0v) is 19.9. The minimum atomic E-state index is -0.321. The first-order valence-electron chi connectivity index (χ1n) is 11.0. The number of ether oxygens (including phenoxy) is 1. The Hall–Kier alpha value is -4.17. The summed E-state index contributed by atoms with van der Waals surface area (Å²) in [7, 11) is 1.91. The van der Waals surface area contributed by atoms with Gasteiger partial charge in [0, 0.05) is 54.4 Å². The number of hydrogen-bond acceptors (Lipinski definition) is 6. The van der Waals surface area contributed by atoms with Crippen molar-refractivity contribution in [2.24, 2.45) is 7.05 Å².